The summed E-state index contributed by atoms with van der Waals surface area (Å²) in [6.45, 7) is 44.6. The van der Waals surface area contributed by atoms with Crippen LogP contribution >= 0.6 is 0 Å². The molecule has 0 spiro atoms. The maximum absolute atomic E-state index is 3.72. The van der Waals surface area contributed by atoms with Gasteiger partial charge < -0.3 is 10.6 Å². The normalized spacial score (nSPS) is 26.3. The molecule has 3 rings (SSSR count). The average Bonchev–Trinajstić information content (AvgIpc) is 3.02. The highest BCUT2D eigenvalue weighted by Crippen LogP contribution is 2.39. The quantitative estimate of drug-likeness (QED) is 0.207. The monoisotopic (exact) mass is 759 g/mol. The highest BCUT2D eigenvalue weighted by atomic mass is 14.9. The van der Waals surface area contributed by atoms with Gasteiger partial charge in [0.25, 0.3) is 0 Å². The summed E-state index contributed by atoms with van der Waals surface area (Å²) in [6.07, 6.45) is 29.0. The SMILES string of the molecule is CC(C)(C)CCC1CCC(CNC(C)(C)C)CC1.CC(C)(C)CCC1CCCC(CCC(C)(C)C)C1.CC(C)(C)CCC1CCCCC1CNC(C)(C)C. The van der Waals surface area contributed by atoms with Crippen molar-refractivity contribution in [2.45, 2.75) is 264 Å². The van der Waals surface area contributed by atoms with Gasteiger partial charge in [-0.05, 0) is 189 Å². The van der Waals surface area contributed by atoms with Crippen LogP contribution in [0.4, 0.5) is 0 Å². The molecule has 0 aliphatic heterocycles. The highest BCUT2D eigenvalue weighted by Gasteiger charge is 2.28. The van der Waals surface area contributed by atoms with Crippen LogP contribution < -0.4 is 10.6 Å². The van der Waals surface area contributed by atoms with Gasteiger partial charge in [0.1, 0.15) is 0 Å². The molecule has 0 aromatic rings. The van der Waals surface area contributed by atoms with Crippen molar-refractivity contribution in [2.24, 2.45) is 57.2 Å². The van der Waals surface area contributed by atoms with Crippen LogP contribution in [0, 0.1) is 57.2 Å². The Balaban J connectivity index is 0.000000405. The lowest BCUT2D eigenvalue weighted by Gasteiger charge is -2.35. The molecule has 0 aromatic heterocycles. The van der Waals surface area contributed by atoms with E-state index in [1.54, 1.807) is 0 Å². The topological polar surface area (TPSA) is 24.1 Å². The summed E-state index contributed by atoms with van der Waals surface area (Å²) in [4.78, 5) is 0. The predicted molar refractivity (Wildman–Crippen MR) is 247 cm³/mol. The number of hydrogen-bond acceptors (Lipinski definition) is 2. The minimum atomic E-state index is 0.270. The van der Waals surface area contributed by atoms with E-state index in [2.05, 4.69) is 135 Å². The van der Waals surface area contributed by atoms with Gasteiger partial charge in [-0.2, -0.15) is 0 Å². The second-order valence-corrected chi connectivity index (χ2v) is 26.2. The molecule has 0 saturated heterocycles. The molecule has 0 aromatic carbocycles. The second kappa shape index (κ2) is 23.5. The lowest BCUT2D eigenvalue weighted by atomic mass is 9.74. The summed E-state index contributed by atoms with van der Waals surface area (Å²) in [5, 5.41) is 7.38. The minimum Gasteiger partial charge on any atom is -0.312 e. The molecular formula is C52H106N2. The van der Waals surface area contributed by atoms with Crippen molar-refractivity contribution in [1.82, 2.24) is 10.6 Å². The van der Waals surface area contributed by atoms with E-state index in [0.29, 0.717) is 21.7 Å². The van der Waals surface area contributed by atoms with Crippen molar-refractivity contribution in [3.8, 4) is 0 Å². The third-order valence-electron chi connectivity index (χ3n) is 12.9. The number of hydrogen-bond donors (Lipinski definition) is 2. The maximum Gasteiger partial charge on any atom is 0.00966 e. The third-order valence-corrected chi connectivity index (χ3v) is 12.9. The van der Waals surface area contributed by atoms with Crippen LogP contribution in [0.15, 0.2) is 0 Å². The molecule has 2 N–H and O–H groups in total. The van der Waals surface area contributed by atoms with E-state index in [1.807, 2.05) is 0 Å². The Kier molecular flexibility index (Phi) is 22.6. The van der Waals surface area contributed by atoms with Gasteiger partial charge in [-0.1, -0.05) is 134 Å². The first-order valence-corrected chi connectivity index (χ1v) is 24.0. The summed E-state index contributed by atoms with van der Waals surface area (Å²) in [5.41, 5.74) is 2.62. The molecular weight excluding hydrogens is 653 g/mol. The van der Waals surface area contributed by atoms with Crippen LogP contribution in [-0.2, 0) is 0 Å². The van der Waals surface area contributed by atoms with Crippen molar-refractivity contribution in [3.63, 3.8) is 0 Å². The zero-order valence-electron chi connectivity index (χ0n) is 41.0. The Hall–Kier alpha value is -0.0800. The second-order valence-electron chi connectivity index (χ2n) is 26.2. The smallest absolute Gasteiger partial charge is 0.00966 e. The lowest BCUT2D eigenvalue weighted by molar-refractivity contribution is 0.182. The van der Waals surface area contributed by atoms with Crippen molar-refractivity contribution < 1.29 is 0 Å². The van der Waals surface area contributed by atoms with Crippen LogP contribution in [0.1, 0.15) is 253 Å². The largest absolute Gasteiger partial charge is 0.312 e. The van der Waals surface area contributed by atoms with Crippen molar-refractivity contribution in [3.05, 3.63) is 0 Å². The summed E-state index contributed by atoms with van der Waals surface area (Å²) >= 11 is 0. The van der Waals surface area contributed by atoms with Gasteiger partial charge in [0.2, 0.25) is 0 Å². The Labute approximate surface area is 343 Å². The van der Waals surface area contributed by atoms with Gasteiger partial charge >= 0.3 is 0 Å². The fourth-order valence-electron chi connectivity index (χ4n) is 9.00. The van der Waals surface area contributed by atoms with E-state index in [-0.39, 0.29) is 11.1 Å². The Morgan fingerprint density at radius 3 is 1.09 bits per heavy atom. The van der Waals surface area contributed by atoms with Gasteiger partial charge in [-0.15, -0.1) is 0 Å². The van der Waals surface area contributed by atoms with Crippen molar-refractivity contribution >= 4 is 0 Å². The molecule has 324 valence electrons. The minimum absolute atomic E-state index is 0.270. The molecule has 0 heterocycles. The van der Waals surface area contributed by atoms with Crippen molar-refractivity contribution in [2.75, 3.05) is 13.1 Å². The maximum atomic E-state index is 3.72. The lowest BCUT2D eigenvalue weighted by Crippen LogP contribution is -2.41. The summed E-state index contributed by atoms with van der Waals surface area (Å²) in [5.74, 6) is 5.88. The van der Waals surface area contributed by atoms with E-state index in [0.717, 1.165) is 35.5 Å². The fraction of sp³-hybridized carbons (Fsp3) is 1.00. The Morgan fingerprint density at radius 1 is 0.333 bits per heavy atom. The van der Waals surface area contributed by atoms with Crippen LogP contribution in [0.3, 0.4) is 0 Å². The predicted octanol–water partition coefficient (Wildman–Crippen LogP) is 16.5. The first-order chi connectivity index (χ1) is 24.5. The van der Waals surface area contributed by atoms with Gasteiger partial charge in [0.05, 0.1) is 0 Å². The van der Waals surface area contributed by atoms with Gasteiger partial charge in [-0.25, -0.2) is 0 Å². The number of rotatable bonds is 12. The standard InChI is InChI=1S/C18H36.2C17H35N/c1-17(2,3)12-10-15-8-7-9-16(14-15)11-13-18(4,5)6;1-16(2,3)12-11-14-7-9-15(10-8-14)13-18-17(4,5)6;1-16(2,3)12-11-14-9-7-8-10-15(14)13-18-17(4,5)6/h15-16H,7-14H2,1-6H3;2*14-15,18H,7-13H2,1-6H3. The highest BCUT2D eigenvalue weighted by molar-refractivity contribution is 4.83. The molecule has 4 atom stereocenters. The zero-order valence-corrected chi connectivity index (χ0v) is 41.0. The first-order valence-electron chi connectivity index (χ1n) is 24.0. The third kappa shape index (κ3) is 30.1. The molecule has 4 unspecified atom stereocenters. The molecule has 0 radical (unpaired) electrons. The Morgan fingerprint density at radius 2 is 0.685 bits per heavy atom. The molecule has 0 amide bonds. The molecule has 2 nitrogen and oxygen atoms in total. The van der Waals surface area contributed by atoms with E-state index in [9.17, 15) is 0 Å². The molecule has 0 bridgehead atoms. The summed E-state index contributed by atoms with van der Waals surface area (Å²) < 4.78 is 0. The summed E-state index contributed by atoms with van der Waals surface area (Å²) in [6, 6.07) is 0. The first kappa shape index (κ1) is 51.9. The van der Waals surface area contributed by atoms with E-state index >= 15 is 0 Å². The molecule has 3 aliphatic rings. The van der Waals surface area contributed by atoms with Crippen LogP contribution in [0.2, 0.25) is 0 Å². The van der Waals surface area contributed by atoms with Gasteiger partial charge in [0, 0.05) is 11.1 Å². The van der Waals surface area contributed by atoms with E-state index in [4.69, 9.17) is 0 Å². The fourth-order valence-corrected chi connectivity index (χ4v) is 9.00. The molecule has 2 heteroatoms. The van der Waals surface area contributed by atoms with Crippen molar-refractivity contribution in [1.29, 1.82) is 0 Å². The summed E-state index contributed by atoms with van der Waals surface area (Å²) in [7, 11) is 0. The number of nitrogens with one attached hydrogen (secondary N) is 2. The molecule has 3 fully saturated rings. The average molecular weight is 759 g/mol. The van der Waals surface area contributed by atoms with Crippen LogP contribution in [0.5, 0.6) is 0 Å². The van der Waals surface area contributed by atoms with E-state index in [1.165, 1.54) is 142 Å². The Bertz CT molecular complexity index is 852. The van der Waals surface area contributed by atoms with Crippen LogP contribution in [-0.4, -0.2) is 24.2 Å². The molecule has 3 saturated carbocycles. The molecule has 3 aliphatic carbocycles. The van der Waals surface area contributed by atoms with E-state index < -0.39 is 0 Å². The zero-order chi connectivity index (χ0) is 41.4. The van der Waals surface area contributed by atoms with Crippen LogP contribution in [0.25, 0.3) is 0 Å². The van der Waals surface area contributed by atoms with Gasteiger partial charge in [-0.3, -0.25) is 0 Å². The molecule has 54 heavy (non-hydrogen) atoms. The van der Waals surface area contributed by atoms with Gasteiger partial charge in [0.15, 0.2) is 0 Å².